The van der Waals surface area contributed by atoms with Crippen LogP contribution in [0.25, 0.3) is 0 Å². The van der Waals surface area contributed by atoms with Gasteiger partial charge in [0.25, 0.3) is 5.91 Å². The number of nitrogens with zero attached hydrogens (tertiary/aromatic N) is 2. The zero-order valence-corrected chi connectivity index (χ0v) is 21.2. The third-order valence-corrected chi connectivity index (χ3v) is 5.66. The Morgan fingerprint density at radius 2 is 1.79 bits per heavy atom. The van der Waals surface area contributed by atoms with E-state index in [0.717, 1.165) is 5.56 Å². The van der Waals surface area contributed by atoms with Crippen molar-refractivity contribution >= 4 is 50.8 Å². The topological polar surface area (TPSA) is 80.8 Å². The second-order valence-electron chi connectivity index (χ2n) is 7.05. The van der Waals surface area contributed by atoms with E-state index >= 15 is 0 Å². The maximum atomic E-state index is 12.9. The third-order valence-electron chi connectivity index (χ3n) is 4.71. The molecule has 2 aromatic carbocycles. The first-order chi connectivity index (χ1) is 16.4. The summed E-state index contributed by atoms with van der Waals surface area (Å²) < 4.78 is 11.2. The first kappa shape index (κ1) is 25.3. The summed E-state index contributed by atoms with van der Waals surface area (Å²) in [6.07, 6.45) is 3.42. The van der Waals surface area contributed by atoms with Gasteiger partial charge in [-0.1, -0.05) is 6.07 Å². The zero-order valence-electron chi connectivity index (χ0n) is 18.8. The van der Waals surface area contributed by atoms with Crippen molar-refractivity contribution in [1.29, 1.82) is 0 Å². The highest BCUT2D eigenvalue weighted by Gasteiger charge is 2.18. The molecule has 1 amide bonds. The Hall–Kier alpha value is -3.30. The summed E-state index contributed by atoms with van der Waals surface area (Å²) in [6, 6.07) is 15.7. The van der Waals surface area contributed by atoms with Crippen LogP contribution in [0.3, 0.4) is 0 Å². The molecule has 0 fully saturated rings. The molecule has 0 saturated carbocycles. The number of rotatable bonds is 8. The van der Waals surface area contributed by atoms with Gasteiger partial charge in [-0.15, -0.1) is 0 Å². The number of ether oxygens (including phenoxy) is 2. The van der Waals surface area contributed by atoms with Gasteiger partial charge in [-0.25, -0.2) is 4.79 Å². The van der Waals surface area contributed by atoms with Crippen LogP contribution in [0.5, 0.6) is 5.75 Å². The second-order valence-corrected chi connectivity index (χ2v) is 8.29. The van der Waals surface area contributed by atoms with Crippen molar-refractivity contribution in [3.05, 3.63) is 88.2 Å². The molecule has 176 valence electrons. The van der Waals surface area contributed by atoms with Gasteiger partial charge in [-0.2, -0.15) is 0 Å². The smallest absolute Gasteiger partial charge is 0.338 e. The van der Waals surface area contributed by atoms with E-state index < -0.39 is 5.97 Å². The number of esters is 1. The Balaban J connectivity index is 1.83. The molecule has 3 rings (SSSR count). The third kappa shape index (κ3) is 6.61. The van der Waals surface area contributed by atoms with Crippen molar-refractivity contribution in [2.75, 3.05) is 18.1 Å². The van der Waals surface area contributed by atoms with E-state index in [2.05, 4.69) is 26.2 Å². The maximum Gasteiger partial charge on any atom is 0.338 e. The number of thiocarbonyl (C=S) groups is 1. The van der Waals surface area contributed by atoms with Crippen molar-refractivity contribution in [2.24, 2.45) is 0 Å². The molecule has 9 heteroatoms. The van der Waals surface area contributed by atoms with Crippen LogP contribution in [0.4, 0.5) is 5.69 Å². The van der Waals surface area contributed by atoms with Crippen LogP contribution in [0.2, 0.25) is 0 Å². The van der Waals surface area contributed by atoms with Gasteiger partial charge in [-0.05, 0) is 96.1 Å². The minimum Gasteiger partial charge on any atom is -0.493 e. The number of pyridine rings is 1. The summed E-state index contributed by atoms with van der Waals surface area (Å²) in [5.41, 5.74) is 2.46. The van der Waals surface area contributed by atoms with Crippen molar-refractivity contribution in [1.82, 2.24) is 10.3 Å². The Labute approximate surface area is 212 Å². The van der Waals surface area contributed by atoms with E-state index in [4.69, 9.17) is 21.7 Å². The molecular weight excluding hydrogens is 518 g/mol. The number of nitrogens with one attached hydrogen (secondary N) is 1. The fourth-order valence-corrected chi connectivity index (χ4v) is 3.85. The van der Waals surface area contributed by atoms with E-state index in [1.54, 1.807) is 66.7 Å². The van der Waals surface area contributed by atoms with Crippen LogP contribution in [0, 0.1) is 0 Å². The van der Waals surface area contributed by atoms with E-state index in [0.29, 0.717) is 46.8 Å². The van der Waals surface area contributed by atoms with Crippen molar-refractivity contribution in [2.45, 2.75) is 20.4 Å². The Kier molecular flexibility index (Phi) is 9.12. The van der Waals surface area contributed by atoms with Crippen LogP contribution in [0.1, 0.15) is 40.1 Å². The lowest BCUT2D eigenvalue weighted by atomic mass is 10.2. The molecule has 3 aromatic rings. The number of benzene rings is 2. The quantitative estimate of drug-likeness (QED) is 0.312. The molecule has 0 unspecified atom stereocenters. The van der Waals surface area contributed by atoms with E-state index in [9.17, 15) is 9.59 Å². The van der Waals surface area contributed by atoms with Gasteiger partial charge in [0.2, 0.25) is 0 Å². The largest absolute Gasteiger partial charge is 0.493 e. The number of carbonyl (C=O) groups excluding carboxylic acids is 2. The van der Waals surface area contributed by atoms with Gasteiger partial charge in [0.1, 0.15) is 5.75 Å². The highest BCUT2D eigenvalue weighted by molar-refractivity contribution is 9.10. The van der Waals surface area contributed by atoms with Gasteiger partial charge in [0.15, 0.2) is 5.11 Å². The van der Waals surface area contributed by atoms with Crippen LogP contribution < -0.4 is 15.0 Å². The van der Waals surface area contributed by atoms with Gasteiger partial charge < -0.3 is 14.4 Å². The lowest BCUT2D eigenvalue weighted by Gasteiger charge is -2.26. The monoisotopic (exact) mass is 541 g/mol. The van der Waals surface area contributed by atoms with Crippen molar-refractivity contribution < 1.29 is 19.1 Å². The molecule has 0 spiro atoms. The van der Waals surface area contributed by atoms with Crippen LogP contribution in [-0.4, -0.2) is 35.2 Å². The van der Waals surface area contributed by atoms with E-state index in [1.165, 1.54) is 0 Å². The normalized spacial score (nSPS) is 10.3. The summed E-state index contributed by atoms with van der Waals surface area (Å²) in [5.74, 6) is -0.0978. The molecule has 0 aliphatic rings. The Morgan fingerprint density at radius 1 is 1.06 bits per heavy atom. The summed E-state index contributed by atoms with van der Waals surface area (Å²) >= 11 is 9.03. The number of carbonyl (C=O) groups is 2. The standard InChI is InChI=1S/C25H24BrN3O4S/c1-3-32-22-12-9-19(14-21(22)26)23(30)28-25(34)29(16-17-6-5-13-27-15-17)20-10-7-18(8-11-20)24(31)33-4-2/h5-15H,3-4,16H2,1-2H3,(H,28,30,34). The molecule has 1 N–H and O–H groups in total. The predicted molar refractivity (Wildman–Crippen MR) is 138 cm³/mol. The minimum atomic E-state index is -0.398. The van der Waals surface area contributed by atoms with E-state index in [1.807, 2.05) is 19.1 Å². The molecular formula is C25H24BrN3O4S. The first-order valence-corrected chi connectivity index (χ1v) is 11.8. The fourth-order valence-electron chi connectivity index (χ4n) is 3.10. The number of hydrogen-bond donors (Lipinski definition) is 1. The maximum absolute atomic E-state index is 12.9. The molecule has 0 atom stereocenters. The van der Waals surface area contributed by atoms with E-state index in [-0.39, 0.29) is 11.0 Å². The molecule has 1 heterocycles. The Morgan fingerprint density at radius 3 is 2.41 bits per heavy atom. The molecule has 34 heavy (non-hydrogen) atoms. The predicted octanol–water partition coefficient (Wildman–Crippen LogP) is 5.14. The number of halogens is 1. The summed E-state index contributed by atoms with van der Waals surface area (Å²) in [7, 11) is 0. The van der Waals surface area contributed by atoms with Crippen LogP contribution in [0.15, 0.2) is 71.5 Å². The highest BCUT2D eigenvalue weighted by atomic mass is 79.9. The highest BCUT2D eigenvalue weighted by Crippen LogP contribution is 2.26. The second kappa shape index (κ2) is 12.2. The van der Waals surface area contributed by atoms with Gasteiger partial charge in [0, 0.05) is 23.6 Å². The molecule has 7 nitrogen and oxygen atoms in total. The lowest BCUT2D eigenvalue weighted by Crippen LogP contribution is -2.42. The van der Waals surface area contributed by atoms with Crippen molar-refractivity contribution in [3.63, 3.8) is 0 Å². The number of aromatic nitrogens is 1. The van der Waals surface area contributed by atoms with Gasteiger partial charge >= 0.3 is 5.97 Å². The van der Waals surface area contributed by atoms with Crippen LogP contribution in [-0.2, 0) is 11.3 Å². The van der Waals surface area contributed by atoms with Gasteiger partial charge in [-0.3, -0.25) is 15.1 Å². The average Bonchev–Trinajstić information content (AvgIpc) is 2.84. The van der Waals surface area contributed by atoms with Gasteiger partial charge in [0.05, 0.1) is 29.8 Å². The molecule has 0 saturated heterocycles. The number of hydrogen-bond acceptors (Lipinski definition) is 6. The van der Waals surface area contributed by atoms with Crippen molar-refractivity contribution in [3.8, 4) is 5.75 Å². The molecule has 0 bridgehead atoms. The summed E-state index contributed by atoms with van der Waals surface area (Å²) in [5, 5.41) is 3.01. The minimum absolute atomic E-state index is 0.211. The first-order valence-electron chi connectivity index (χ1n) is 10.6. The lowest BCUT2D eigenvalue weighted by molar-refractivity contribution is 0.0526. The van der Waals surface area contributed by atoms with Crippen LogP contribution >= 0.6 is 28.1 Å². The molecule has 0 aliphatic carbocycles. The fraction of sp³-hybridized carbons (Fsp3) is 0.200. The number of amides is 1. The summed E-state index contributed by atoms with van der Waals surface area (Å²) in [4.78, 5) is 30.8. The zero-order chi connectivity index (χ0) is 24.5. The number of anilines is 1. The summed E-state index contributed by atoms with van der Waals surface area (Å²) in [6.45, 7) is 4.84. The molecule has 0 aliphatic heterocycles. The Bertz CT molecular complexity index is 1160. The average molecular weight is 542 g/mol. The molecule has 1 aromatic heterocycles. The molecule has 0 radical (unpaired) electrons. The SMILES string of the molecule is CCOC(=O)c1ccc(N(Cc2cccnc2)C(=S)NC(=O)c2ccc(OCC)c(Br)c2)cc1.